The van der Waals surface area contributed by atoms with Crippen molar-refractivity contribution in [3.8, 4) is 0 Å². The van der Waals surface area contributed by atoms with Gasteiger partial charge in [-0.3, -0.25) is 4.79 Å². The first-order valence-corrected chi connectivity index (χ1v) is 9.49. The second-order valence-electron chi connectivity index (χ2n) is 7.45. The van der Waals surface area contributed by atoms with Gasteiger partial charge in [-0.25, -0.2) is 0 Å². The fraction of sp³-hybridized carbons (Fsp3) is 0.650. The Kier molecular flexibility index (Phi) is 6.45. The fourth-order valence-electron chi connectivity index (χ4n) is 3.84. The molecule has 1 amide bonds. The molecular weight excluding hydrogens is 314 g/mol. The van der Waals surface area contributed by atoms with Gasteiger partial charge in [0, 0.05) is 19.2 Å². The topological polar surface area (TPSA) is 44.8 Å². The Morgan fingerprint density at radius 3 is 2.64 bits per heavy atom. The molecule has 1 aromatic rings. The monoisotopic (exact) mass is 345 g/mol. The first-order valence-electron chi connectivity index (χ1n) is 9.49. The summed E-state index contributed by atoms with van der Waals surface area (Å²) in [6, 6.07) is 10.9. The van der Waals surface area contributed by atoms with E-state index in [-0.39, 0.29) is 18.1 Å². The predicted octanol–water partition coefficient (Wildman–Crippen LogP) is 2.05. The summed E-state index contributed by atoms with van der Waals surface area (Å²) in [5.41, 5.74) is 1.16. The van der Waals surface area contributed by atoms with E-state index in [4.69, 9.17) is 4.74 Å². The number of nitrogens with one attached hydrogen (secondary N) is 1. The van der Waals surface area contributed by atoms with E-state index in [0.29, 0.717) is 12.6 Å². The summed E-state index contributed by atoms with van der Waals surface area (Å²) >= 11 is 0. The molecule has 1 N–H and O–H groups in total. The van der Waals surface area contributed by atoms with E-state index in [0.717, 1.165) is 38.0 Å². The number of piperidine rings is 1. The largest absolute Gasteiger partial charge is 0.368 e. The minimum Gasteiger partial charge on any atom is -0.368 e. The highest BCUT2D eigenvalue weighted by atomic mass is 16.5. The van der Waals surface area contributed by atoms with E-state index in [2.05, 4.69) is 41.3 Å². The zero-order chi connectivity index (χ0) is 17.6. The second kappa shape index (κ2) is 8.79. The number of amides is 1. The summed E-state index contributed by atoms with van der Waals surface area (Å²) < 4.78 is 5.55. The van der Waals surface area contributed by atoms with Crippen LogP contribution >= 0.6 is 0 Å². The molecule has 0 unspecified atom stereocenters. The smallest absolute Gasteiger partial charge is 0.249 e. The molecule has 0 bridgehead atoms. The van der Waals surface area contributed by atoms with Crippen LogP contribution < -0.4 is 5.32 Å². The van der Waals surface area contributed by atoms with Crippen LogP contribution in [0, 0.1) is 0 Å². The summed E-state index contributed by atoms with van der Waals surface area (Å²) in [5.74, 6) is 0.0307. The lowest BCUT2D eigenvalue weighted by Crippen LogP contribution is -2.46. The number of carbonyl (C=O) groups excluding carboxylic acids is 1. The summed E-state index contributed by atoms with van der Waals surface area (Å²) in [5, 5.41) is 3.24. The Hall–Kier alpha value is -1.43. The average Bonchev–Trinajstić information content (AvgIpc) is 3.17. The van der Waals surface area contributed by atoms with Gasteiger partial charge in [0.2, 0.25) is 5.91 Å². The van der Waals surface area contributed by atoms with Crippen LogP contribution in [0.5, 0.6) is 0 Å². The lowest BCUT2D eigenvalue weighted by Gasteiger charge is -2.37. The Bertz CT molecular complexity index is 537. The van der Waals surface area contributed by atoms with Crippen molar-refractivity contribution in [1.82, 2.24) is 15.1 Å². The van der Waals surface area contributed by atoms with E-state index < -0.39 is 0 Å². The van der Waals surface area contributed by atoms with Crippen LogP contribution in [-0.4, -0.2) is 68.2 Å². The molecule has 2 heterocycles. The predicted molar refractivity (Wildman–Crippen MR) is 99.4 cm³/mol. The maximum absolute atomic E-state index is 12.6. The minimum atomic E-state index is -0.278. The van der Waals surface area contributed by atoms with Gasteiger partial charge in [-0.15, -0.1) is 0 Å². The molecule has 1 aromatic carbocycles. The van der Waals surface area contributed by atoms with Crippen molar-refractivity contribution in [1.29, 1.82) is 0 Å². The van der Waals surface area contributed by atoms with E-state index in [1.807, 2.05) is 18.2 Å². The summed E-state index contributed by atoms with van der Waals surface area (Å²) in [6.07, 6.45) is 3.91. The van der Waals surface area contributed by atoms with Gasteiger partial charge in [-0.2, -0.15) is 0 Å². The molecular formula is C20H31N3O2. The van der Waals surface area contributed by atoms with Crippen LogP contribution in [-0.2, 0) is 9.53 Å². The average molecular weight is 345 g/mol. The number of carbonyl (C=O) groups is 1. The Morgan fingerprint density at radius 1 is 1.28 bits per heavy atom. The van der Waals surface area contributed by atoms with Crippen molar-refractivity contribution in [2.24, 2.45) is 0 Å². The SMILES string of the molecule is CN1CCC(N(C)C[C@@H](NC(=O)[C@@H]2CCCO2)c2ccccc2)CC1. The Labute approximate surface area is 151 Å². The highest BCUT2D eigenvalue weighted by Crippen LogP contribution is 2.21. The molecule has 138 valence electrons. The van der Waals surface area contributed by atoms with Gasteiger partial charge < -0.3 is 19.9 Å². The molecule has 5 heteroatoms. The van der Waals surface area contributed by atoms with Crippen molar-refractivity contribution in [2.75, 3.05) is 40.3 Å². The standard InChI is InChI=1S/C20H31N3O2/c1-22-12-10-17(11-13-22)23(2)15-18(16-7-4-3-5-8-16)21-20(24)19-9-6-14-25-19/h3-5,7-8,17-19H,6,9-15H2,1-2H3,(H,21,24)/t18-,19+/m1/s1. The van der Waals surface area contributed by atoms with Gasteiger partial charge in [0.1, 0.15) is 6.10 Å². The van der Waals surface area contributed by atoms with Crippen molar-refractivity contribution >= 4 is 5.91 Å². The number of rotatable bonds is 6. The van der Waals surface area contributed by atoms with Gasteiger partial charge in [0.15, 0.2) is 0 Å². The Balaban J connectivity index is 1.64. The van der Waals surface area contributed by atoms with Gasteiger partial charge in [-0.1, -0.05) is 30.3 Å². The molecule has 0 saturated carbocycles. The van der Waals surface area contributed by atoms with E-state index in [1.165, 1.54) is 12.8 Å². The number of benzene rings is 1. The van der Waals surface area contributed by atoms with Crippen LogP contribution in [0.3, 0.4) is 0 Å². The molecule has 0 radical (unpaired) electrons. The Morgan fingerprint density at radius 2 is 2.00 bits per heavy atom. The van der Waals surface area contributed by atoms with Gasteiger partial charge in [0.05, 0.1) is 6.04 Å². The van der Waals surface area contributed by atoms with E-state index >= 15 is 0 Å². The highest BCUT2D eigenvalue weighted by Gasteiger charge is 2.28. The van der Waals surface area contributed by atoms with Crippen molar-refractivity contribution in [3.63, 3.8) is 0 Å². The molecule has 0 spiro atoms. The van der Waals surface area contributed by atoms with Crippen LogP contribution in [0.15, 0.2) is 30.3 Å². The third-order valence-corrected chi connectivity index (χ3v) is 5.52. The third kappa shape index (κ3) is 5.03. The number of hydrogen-bond donors (Lipinski definition) is 1. The zero-order valence-electron chi connectivity index (χ0n) is 15.5. The number of ether oxygens (including phenoxy) is 1. The van der Waals surface area contributed by atoms with Crippen LogP contribution in [0.2, 0.25) is 0 Å². The van der Waals surface area contributed by atoms with Gasteiger partial charge in [-0.05, 0) is 58.4 Å². The van der Waals surface area contributed by atoms with E-state index in [9.17, 15) is 4.79 Å². The van der Waals surface area contributed by atoms with Gasteiger partial charge in [0.25, 0.3) is 0 Å². The fourth-order valence-corrected chi connectivity index (χ4v) is 3.84. The van der Waals surface area contributed by atoms with E-state index in [1.54, 1.807) is 0 Å². The first-order chi connectivity index (χ1) is 12.1. The van der Waals surface area contributed by atoms with Crippen molar-refractivity contribution in [2.45, 2.75) is 43.9 Å². The molecule has 0 aliphatic carbocycles. The van der Waals surface area contributed by atoms with Crippen molar-refractivity contribution in [3.05, 3.63) is 35.9 Å². The molecule has 2 atom stereocenters. The number of hydrogen-bond acceptors (Lipinski definition) is 4. The molecule has 2 saturated heterocycles. The summed E-state index contributed by atoms with van der Waals surface area (Å²) in [6.45, 7) is 3.82. The minimum absolute atomic E-state index is 0.00237. The maximum Gasteiger partial charge on any atom is 0.249 e. The molecule has 25 heavy (non-hydrogen) atoms. The molecule has 2 aliphatic heterocycles. The third-order valence-electron chi connectivity index (χ3n) is 5.52. The first kappa shape index (κ1) is 18.4. The molecule has 2 aliphatic rings. The lowest BCUT2D eigenvalue weighted by atomic mass is 10.0. The second-order valence-corrected chi connectivity index (χ2v) is 7.45. The molecule has 3 rings (SSSR count). The lowest BCUT2D eigenvalue weighted by molar-refractivity contribution is -0.131. The summed E-state index contributed by atoms with van der Waals surface area (Å²) in [4.78, 5) is 17.4. The number of likely N-dealkylation sites (tertiary alicyclic amines) is 1. The molecule has 0 aromatic heterocycles. The van der Waals surface area contributed by atoms with Crippen LogP contribution in [0.1, 0.15) is 37.3 Å². The summed E-state index contributed by atoms with van der Waals surface area (Å²) in [7, 11) is 4.37. The van der Waals surface area contributed by atoms with Crippen molar-refractivity contribution < 1.29 is 9.53 Å². The molecule has 2 fully saturated rings. The molecule has 5 nitrogen and oxygen atoms in total. The van der Waals surface area contributed by atoms with Gasteiger partial charge >= 0.3 is 0 Å². The maximum atomic E-state index is 12.6. The quantitative estimate of drug-likeness (QED) is 0.857. The highest BCUT2D eigenvalue weighted by molar-refractivity contribution is 5.81. The number of nitrogens with zero attached hydrogens (tertiary/aromatic N) is 2. The number of likely N-dealkylation sites (N-methyl/N-ethyl adjacent to an activating group) is 1. The normalized spacial score (nSPS) is 23.7. The zero-order valence-corrected chi connectivity index (χ0v) is 15.5. The van der Waals surface area contributed by atoms with Crippen LogP contribution in [0.4, 0.5) is 0 Å². The van der Waals surface area contributed by atoms with Crippen LogP contribution in [0.25, 0.3) is 0 Å².